The lowest BCUT2D eigenvalue weighted by molar-refractivity contribution is -0.140. The van der Waals surface area contributed by atoms with Crippen LogP contribution < -0.4 is 0 Å². The van der Waals surface area contributed by atoms with Crippen molar-refractivity contribution in [3.05, 3.63) is 71.8 Å². The largest absolute Gasteiger partial charge is 0.480 e. The molecular weight excluding hydrogens is 250 g/mol. The Hall–Kier alpha value is -2.60. The molecule has 0 heterocycles. The Morgan fingerprint density at radius 1 is 1.05 bits per heavy atom. The van der Waals surface area contributed by atoms with Crippen LogP contribution in [-0.2, 0) is 11.2 Å². The second-order valence-electron chi connectivity index (χ2n) is 4.65. The Morgan fingerprint density at radius 2 is 1.60 bits per heavy atom. The third-order valence-electron chi connectivity index (χ3n) is 3.33. The standard InChI is InChI=1S/C17H15NO2/c18-12-16(17(19)20)15(14-9-5-2-6-10-14)11-13-7-3-1-4-8-13/h1-10,15-16H,11H2,(H,19,20). The van der Waals surface area contributed by atoms with Crippen molar-refractivity contribution >= 4 is 5.97 Å². The highest BCUT2D eigenvalue weighted by molar-refractivity contribution is 5.74. The number of carbonyl (C=O) groups is 1. The second-order valence-corrected chi connectivity index (χ2v) is 4.65. The highest BCUT2D eigenvalue weighted by Gasteiger charge is 2.29. The van der Waals surface area contributed by atoms with Crippen LogP contribution in [0, 0.1) is 17.2 Å². The molecule has 3 nitrogen and oxygen atoms in total. The van der Waals surface area contributed by atoms with Crippen LogP contribution in [0.3, 0.4) is 0 Å². The Labute approximate surface area is 118 Å². The summed E-state index contributed by atoms with van der Waals surface area (Å²) in [5, 5.41) is 18.4. The summed E-state index contributed by atoms with van der Waals surface area (Å²) in [4.78, 5) is 11.3. The monoisotopic (exact) mass is 265 g/mol. The summed E-state index contributed by atoms with van der Waals surface area (Å²) in [5.74, 6) is -2.46. The van der Waals surface area contributed by atoms with Crippen molar-refractivity contribution in [2.45, 2.75) is 12.3 Å². The van der Waals surface area contributed by atoms with Crippen LogP contribution in [0.1, 0.15) is 17.0 Å². The van der Waals surface area contributed by atoms with E-state index >= 15 is 0 Å². The molecule has 2 atom stereocenters. The summed E-state index contributed by atoms with van der Waals surface area (Å²) in [7, 11) is 0. The smallest absolute Gasteiger partial charge is 0.321 e. The molecule has 0 amide bonds. The maximum Gasteiger partial charge on any atom is 0.321 e. The number of nitriles is 1. The van der Waals surface area contributed by atoms with Crippen LogP contribution in [0.4, 0.5) is 0 Å². The van der Waals surface area contributed by atoms with Crippen molar-refractivity contribution in [1.82, 2.24) is 0 Å². The van der Waals surface area contributed by atoms with Crippen molar-refractivity contribution in [1.29, 1.82) is 5.26 Å². The Balaban J connectivity index is 2.35. The first-order valence-electron chi connectivity index (χ1n) is 6.43. The molecule has 0 radical (unpaired) electrons. The molecule has 2 aromatic rings. The van der Waals surface area contributed by atoms with Gasteiger partial charge in [-0.25, -0.2) is 0 Å². The fraction of sp³-hybridized carbons (Fsp3) is 0.176. The van der Waals surface area contributed by atoms with Crippen LogP contribution in [0.25, 0.3) is 0 Å². The van der Waals surface area contributed by atoms with Gasteiger partial charge >= 0.3 is 5.97 Å². The van der Waals surface area contributed by atoms with E-state index in [0.717, 1.165) is 11.1 Å². The van der Waals surface area contributed by atoms with Crippen LogP contribution >= 0.6 is 0 Å². The molecule has 0 saturated carbocycles. The third kappa shape index (κ3) is 3.24. The molecule has 0 saturated heterocycles. The van der Waals surface area contributed by atoms with Crippen molar-refractivity contribution in [3.8, 4) is 6.07 Å². The first-order valence-corrected chi connectivity index (χ1v) is 6.43. The predicted molar refractivity (Wildman–Crippen MR) is 76.1 cm³/mol. The first kappa shape index (κ1) is 13.8. The van der Waals surface area contributed by atoms with E-state index in [1.54, 1.807) is 0 Å². The molecule has 0 aliphatic rings. The van der Waals surface area contributed by atoms with E-state index in [-0.39, 0.29) is 5.92 Å². The van der Waals surface area contributed by atoms with Gasteiger partial charge in [-0.15, -0.1) is 0 Å². The molecule has 3 heteroatoms. The predicted octanol–water partition coefficient (Wildman–Crippen LogP) is 3.24. The zero-order valence-corrected chi connectivity index (χ0v) is 10.9. The fourth-order valence-corrected chi connectivity index (χ4v) is 2.31. The van der Waals surface area contributed by atoms with E-state index in [2.05, 4.69) is 0 Å². The van der Waals surface area contributed by atoms with Gasteiger partial charge in [0.2, 0.25) is 0 Å². The first-order chi connectivity index (χ1) is 9.72. The summed E-state index contributed by atoms with van der Waals surface area (Å²) in [5.41, 5.74) is 1.91. The van der Waals surface area contributed by atoms with E-state index in [0.29, 0.717) is 6.42 Å². The highest BCUT2D eigenvalue weighted by atomic mass is 16.4. The summed E-state index contributed by atoms with van der Waals surface area (Å²) in [6.07, 6.45) is 0.537. The maximum atomic E-state index is 11.3. The van der Waals surface area contributed by atoms with Gasteiger partial charge in [0.05, 0.1) is 6.07 Å². The van der Waals surface area contributed by atoms with Crippen LogP contribution in [0.5, 0.6) is 0 Å². The Morgan fingerprint density at radius 3 is 2.10 bits per heavy atom. The van der Waals surface area contributed by atoms with Gasteiger partial charge in [-0.05, 0) is 17.5 Å². The van der Waals surface area contributed by atoms with Gasteiger partial charge in [-0.1, -0.05) is 60.7 Å². The fourth-order valence-electron chi connectivity index (χ4n) is 2.31. The van der Waals surface area contributed by atoms with Gasteiger partial charge in [0.25, 0.3) is 0 Å². The van der Waals surface area contributed by atoms with Gasteiger partial charge in [0, 0.05) is 5.92 Å². The number of nitrogens with zero attached hydrogens (tertiary/aromatic N) is 1. The number of benzene rings is 2. The van der Waals surface area contributed by atoms with Crippen molar-refractivity contribution < 1.29 is 9.90 Å². The highest BCUT2D eigenvalue weighted by Crippen LogP contribution is 2.28. The van der Waals surface area contributed by atoms with Gasteiger partial charge in [0.1, 0.15) is 0 Å². The van der Waals surface area contributed by atoms with E-state index in [4.69, 9.17) is 0 Å². The zero-order valence-electron chi connectivity index (χ0n) is 10.9. The molecule has 2 rings (SSSR count). The molecule has 100 valence electrons. The zero-order chi connectivity index (χ0) is 14.4. The summed E-state index contributed by atoms with van der Waals surface area (Å²) in [6.45, 7) is 0. The number of aliphatic carboxylic acids is 1. The molecular formula is C17H15NO2. The molecule has 1 N–H and O–H groups in total. The summed E-state index contributed by atoms with van der Waals surface area (Å²) >= 11 is 0. The lowest BCUT2D eigenvalue weighted by atomic mass is 9.82. The molecule has 0 aliphatic heterocycles. The average Bonchev–Trinajstić information content (AvgIpc) is 2.48. The molecule has 0 fully saturated rings. The molecule has 2 aromatic carbocycles. The maximum absolute atomic E-state index is 11.3. The average molecular weight is 265 g/mol. The SMILES string of the molecule is N#CC(C(=O)O)C(Cc1ccccc1)c1ccccc1. The molecule has 0 aromatic heterocycles. The minimum Gasteiger partial charge on any atom is -0.480 e. The number of hydrogen-bond donors (Lipinski definition) is 1. The number of rotatable bonds is 5. The topological polar surface area (TPSA) is 61.1 Å². The molecule has 0 bridgehead atoms. The summed E-state index contributed by atoms with van der Waals surface area (Å²) < 4.78 is 0. The number of hydrogen-bond acceptors (Lipinski definition) is 2. The normalized spacial score (nSPS) is 13.2. The lowest BCUT2D eigenvalue weighted by Crippen LogP contribution is -2.22. The molecule has 0 aliphatic carbocycles. The molecule has 20 heavy (non-hydrogen) atoms. The van der Waals surface area contributed by atoms with Gasteiger partial charge < -0.3 is 5.11 Å². The third-order valence-corrected chi connectivity index (χ3v) is 3.33. The number of carboxylic acid groups (broad SMARTS) is 1. The van der Waals surface area contributed by atoms with Gasteiger partial charge in [-0.3, -0.25) is 4.79 Å². The van der Waals surface area contributed by atoms with Gasteiger partial charge in [0.15, 0.2) is 5.92 Å². The van der Waals surface area contributed by atoms with E-state index < -0.39 is 11.9 Å². The quantitative estimate of drug-likeness (QED) is 0.902. The number of carboxylic acids is 1. The minimum atomic E-state index is -1.07. The lowest BCUT2D eigenvalue weighted by Gasteiger charge is -2.19. The molecule has 2 unspecified atom stereocenters. The molecule has 0 spiro atoms. The van der Waals surface area contributed by atoms with E-state index in [9.17, 15) is 15.2 Å². The second kappa shape index (κ2) is 6.53. The summed E-state index contributed by atoms with van der Waals surface area (Å²) in [6, 6.07) is 20.9. The van der Waals surface area contributed by atoms with Crippen molar-refractivity contribution in [2.75, 3.05) is 0 Å². The van der Waals surface area contributed by atoms with E-state index in [1.165, 1.54) is 0 Å². The van der Waals surface area contributed by atoms with Gasteiger partial charge in [-0.2, -0.15) is 5.26 Å². The Bertz CT molecular complexity index is 602. The Kier molecular flexibility index (Phi) is 4.52. The van der Waals surface area contributed by atoms with Crippen molar-refractivity contribution in [2.24, 2.45) is 5.92 Å². The van der Waals surface area contributed by atoms with Crippen LogP contribution in [0.15, 0.2) is 60.7 Å². The van der Waals surface area contributed by atoms with Crippen LogP contribution in [0.2, 0.25) is 0 Å². The van der Waals surface area contributed by atoms with Crippen molar-refractivity contribution in [3.63, 3.8) is 0 Å². The van der Waals surface area contributed by atoms with E-state index in [1.807, 2.05) is 66.7 Å². The van der Waals surface area contributed by atoms with Crippen LogP contribution in [-0.4, -0.2) is 11.1 Å². The minimum absolute atomic E-state index is 0.346.